The summed E-state index contributed by atoms with van der Waals surface area (Å²) in [5, 5.41) is 8.45. The van der Waals surface area contributed by atoms with Crippen LogP contribution in [0.5, 0.6) is 0 Å². The number of aryl methyl sites for hydroxylation is 1. The van der Waals surface area contributed by atoms with Crippen molar-refractivity contribution in [2.24, 2.45) is 10.2 Å². The molecule has 2 rings (SSSR count). The summed E-state index contributed by atoms with van der Waals surface area (Å²) in [7, 11) is 0. The fourth-order valence-corrected chi connectivity index (χ4v) is 1.65. The van der Waals surface area contributed by atoms with E-state index in [4.69, 9.17) is 0 Å². The third kappa shape index (κ3) is 3.67. The highest BCUT2D eigenvalue weighted by atomic mass is 15.1. The van der Waals surface area contributed by atoms with Crippen molar-refractivity contribution in [3.8, 4) is 0 Å². The molecule has 0 bridgehead atoms. The van der Waals surface area contributed by atoms with Gasteiger partial charge in [0, 0.05) is 0 Å². The average molecular weight is 236 g/mol. The van der Waals surface area contributed by atoms with Crippen molar-refractivity contribution in [1.82, 2.24) is 0 Å². The zero-order valence-electron chi connectivity index (χ0n) is 10.3. The second-order valence-corrected chi connectivity index (χ2v) is 4.03. The smallest absolute Gasteiger partial charge is 0.0859 e. The maximum absolute atomic E-state index is 4.24. The average Bonchev–Trinajstić information content (AvgIpc) is 2.44. The highest BCUT2D eigenvalue weighted by Gasteiger charge is 1.94. The fourth-order valence-electron chi connectivity index (χ4n) is 1.65. The standard InChI is InChI=1S/C16H16N2/c1-2-3-8-14-9-7-12-16(13-14)18-17-15-10-5-4-6-11-15/h2,4-7,9-13H,1,3,8H2. The Morgan fingerprint density at radius 3 is 2.39 bits per heavy atom. The number of benzene rings is 2. The van der Waals surface area contributed by atoms with E-state index in [1.165, 1.54) is 5.56 Å². The predicted octanol–water partition coefficient (Wildman–Crippen LogP) is 5.22. The monoisotopic (exact) mass is 236 g/mol. The Kier molecular flexibility index (Phi) is 4.42. The summed E-state index contributed by atoms with van der Waals surface area (Å²) in [6, 6.07) is 17.9. The second kappa shape index (κ2) is 6.50. The van der Waals surface area contributed by atoms with Crippen LogP contribution in [0.3, 0.4) is 0 Å². The normalized spacial score (nSPS) is 10.7. The maximum Gasteiger partial charge on any atom is 0.0859 e. The number of azo groups is 1. The molecule has 0 fully saturated rings. The Morgan fingerprint density at radius 2 is 1.61 bits per heavy atom. The molecule has 0 atom stereocenters. The Hall–Kier alpha value is -2.22. The number of hydrogen-bond acceptors (Lipinski definition) is 2. The Morgan fingerprint density at radius 1 is 0.889 bits per heavy atom. The van der Waals surface area contributed by atoms with Crippen molar-refractivity contribution in [1.29, 1.82) is 0 Å². The summed E-state index contributed by atoms with van der Waals surface area (Å²) in [5.74, 6) is 0. The topological polar surface area (TPSA) is 24.7 Å². The lowest BCUT2D eigenvalue weighted by Gasteiger charge is -1.99. The molecule has 0 saturated heterocycles. The van der Waals surface area contributed by atoms with E-state index in [9.17, 15) is 0 Å². The van der Waals surface area contributed by atoms with Crippen molar-refractivity contribution in [2.75, 3.05) is 0 Å². The van der Waals surface area contributed by atoms with E-state index in [0.717, 1.165) is 24.2 Å². The lowest BCUT2D eigenvalue weighted by molar-refractivity contribution is 1.00. The van der Waals surface area contributed by atoms with Crippen LogP contribution in [0.2, 0.25) is 0 Å². The highest BCUT2D eigenvalue weighted by Crippen LogP contribution is 2.19. The van der Waals surface area contributed by atoms with Gasteiger partial charge >= 0.3 is 0 Å². The van der Waals surface area contributed by atoms with Gasteiger partial charge in [-0.25, -0.2) is 0 Å². The molecular weight excluding hydrogens is 220 g/mol. The van der Waals surface area contributed by atoms with Gasteiger partial charge in [-0.3, -0.25) is 0 Å². The molecule has 0 saturated carbocycles. The first-order chi connectivity index (χ1) is 8.88. The van der Waals surface area contributed by atoms with Gasteiger partial charge in [-0.05, 0) is 42.7 Å². The van der Waals surface area contributed by atoms with Crippen LogP contribution in [0, 0.1) is 0 Å². The van der Waals surface area contributed by atoms with Gasteiger partial charge in [-0.1, -0.05) is 36.4 Å². The summed E-state index contributed by atoms with van der Waals surface area (Å²) >= 11 is 0. The van der Waals surface area contributed by atoms with Crippen LogP contribution in [0.4, 0.5) is 11.4 Å². The van der Waals surface area contributed by atoms with Crippen molar-refractivity contribution >= 4 is 11.4 Å². The van der Waals surface area contributed by atoms with E-state index in [2.05, 4.69) is 28.9 Å². The summed E-state index contributed by atoms with van der Waals surface area (Å²) in [6.07, 6.45) is 3.91. The third-order valence-electron chi connectivity index (χ3n) is 2.58. The molecule has 0 aromatic heterocycles. The third-order valence-corrected chi connectivity index (χ3v) is 2.58. The van der Waals surface area contributed by atoms with E-state index in [-0.39, 0.29) is 0 Å². The van der Waals surface area contributed by atoms with Gasteiger partial charge in [0.05, 0.1) is 11.4 Å². The van der Waals surface area contributed by atoms with Crippen LogP contribution in [0.1, 0.15) is 12.0 Å². The first kappa shape index (κ1) is 12.2. The Balaban J connectivity index is 2.09. The minimum atomic E-state index is 0.869. The zero-order valence-corrected chi connectivity index (χ0v) is 10.3. The van der Waals surface area contributed by atoms with Crippen molar-refractivity contribution in [2.45, 2.75) is 12.8 Å². The SMILES string of the molecule is C=CCCc1cccc(N=Nc2ccccc2)c1. The van der Waals surface area contributed by atoms with E-state index in [1.54, 1.807) is 0 Å². The van der Waals surface area contributed by atoms with E-state index in [0.29, 0.717) is 0 Å². The van der Waals surface area contributed by atoms with Crippen molar-refractivity contribution < 1.29 is 0 Å². The van der Waals surface area contributed by atoms with Gasteiger partial charge < -0.3 is 0 Å². The van der Waals surface area contributed by atoms with Gasteiger partial charge in [0.2, 0.25) is 0 Å². The molecule has 0 amide bonds. The molecule has 0 aliphatic carbocycles. The molecule has 0 aliphatic rings. The molecule has 0 unspecified atom stereocenters. The van der Waals surface area contributed by atoms with Gasteiger partial charge in [-0.2, -0.15) is 10.2 Å². The first-order valence-electron chi connectivity index (χ1n) is 6.05. The first-order valence-corrected chi connectivity index (χ1v) is 6.05. The molecule has 90 valence electrons. The van der Waals surface area contributed by atoms with E-state index in [1.807, 2.05) is 48.5 Å². The molecule has 18 heavy (non-hydrogen) atoms. The minimum Gasteiger partial charge on any atom is -0.151 e. The quantitative estimate of drug-likeness (QED) is 0.502. The molecular formula is C16H16N2. The highest BCUT2D eigenvalue weighted by molar-refractivity contribution is 5.41. The van der Waals surface area contributed by atoms with Gasteiger partial charge in [0.25, 0.3) is 0 Å². The molecule has 2 aromatic rings. The zero-order chi connectivity index (χ0) is 12.6. The summed E-state index contributed by atoms with van der Waals surface area (Å²) in [4.78, 5) is 0. The van der Waals surface area contributed by atoms with Gasteiger partial charge in [0.1, 0.15) is 0 Å². The molecule has 0 N–H and O–H groups in total. The van der Waals surface area contributed by atoms with Crippen molar-refractivity contribution in [3.63, 3.8) is 0 Å². The summed E-state index contributed by atoms with van der Waals surface area (Å²) < 4.78 is 0. The van der Waals surface area contributed by atoms with Gasteiger partial charge in [0.15, 0.2) is 0 Å². The summed E-state index contributed by atoms with van der Waals surface area (Å²) in [6.45, 7) is 3.73. The number of hydrogen-bond donors (Lipinski definition) is 0. The largest absolute Gasteiger partial charge is 0.151 e. The number of rotatable bonds is 5. The second-order valence-electron chi connectivity index (χ2n) is 4.03. The fraction of sp³-hybridized carbons (Fsp3) is 0.125. The lowest BCUT2D eigenvalue weighted by atomic mass is 10.1. The molecule has 0 heterocycles. The molecule has 0 aliphatic heterocycles. The maximum atomic E-state index is 4.24. The van der Waals surface area contributed by atoms with Crippen LogP contribution in [-0.4, -0.2) is 0 Å². The van der Waals surface area contributed by atoms with Crippen molar-refractivity contribution in [3.05, 3.63) is 72.8 Å². The number of allylic oxidation sites excluding steroid dienone is 1. The minimum absolute atomic E-state index is 0.869. The molecule has 2 aromatic carbocycles. The molecule has 2 nitrogen and oxygen atoms in total. The predicted molar refractivity (Wildman–Crippen MR) is 75.6 cm³/mol. The van der Waals surface area contributed by atoms with Crippen LogP contribution in [-0.2, 0) is 6.42 Å². The summed E-state index contributed by atoms with van der Waals surface area (Å²) in [5.41, 5.74) is 3.02. The number of nitrogens with zero attached hydrogens (tertiary/aromatic N) is 2. The van der Waals surface area contributed by atoms with E-state index < -0.39 is 0 Å². The lowest BCUT2D eigenvalue weighted by Crippen LogP contribution is -1.81. The Labute approximate surface area is 108 Å². The van der Waals surface area contributed by atoms with Crippen LogP contribution >= 0.6 is 0 Å². The van der Waals surface area contributed by atoms with Crippen LogP contribution in [0.25, 0.3) is 0 Å². The van der Waals surface area contributed by atoms with E-state index >= 15 is 0 Å². The van der Waals surface area contributed by atoms with Crippen LogP contribution in [0.15, 0.2) is 77.5 Å². The molecule has 0 spiro atoms. The van der Waals surface area contributed by atoms with Gasteiger partial charge in [-0.15, -0.1) is 6.58 Å². The Bertz CT molecular complexity index is 530. The van der Waals surface area contributed by atoms with Crippen LogP contribution < -0.4 is 0 Å². The molecule has 0 radical (unpaired) electrons. The molecule has 2 heteroatoms.